The van der Waals surface area contributed by atoms with Gasteiger partial charge in [0.15, 0.2) is 0 Å². The molecule has 2 bridgehead atoms. The van der Waals surface area contributed by atoms with Gasteiger partial charge in [-0.25, -0.2) is 9.97 Å². The van der Waals surface area contributed by atoms with Gasteiger partial charge in [-0.05, 0) is 41.1 Å². The zero-order chi connectivity index (χ0) is 9.54. The first-order chi connectivity index (χ1) is 6.83. The van der Waals surface area contributed by atoms with Gasteiger partial charge in [-0.2, -0.15) is 0 Å². The van der Waals surface area contributed by atoms with Crippen molar-refractivity contribution >= 4 is 21.9 Å². The number of hydrogen-bond acceptors (Lipinski definition) is 3. The summed E-state index contributed by atoms with van der Waals surface area (Å²) in [5.74, 6) is 1.80. The number of aromatic nitrogens is 2. The minimum Gasteiger partial charge on any atom is -0.338 e. The fourth-order valence-electron chi connectivity index (χ4n) is 2.62. The van der Waals surface area contributed by atoms with E-state index in [1.54, 1.807) is 0 Å². The van der Waals surface area contributed by atoms with Crippen LogP contribution in [0.3, 0.4) is 0 Å². The quantitative estimate of drug-likeness (QED) is 0.769. The highest BCUT2D eigenvalue weighted by Gasteiger charge is 2.38. The van der Waals surface area contributed by atoms with Crippen LogP contribution in [-0.2, 0) is 0 Å². The van der Waals surface area contributed by atoms with E-state index in [4.69, 9.17) is 0 Å². The summed E-state index contributed by atoms with van der Waals surface area (Å²) < 4.78 is 0.950. The monoisotopic (exact) mass is 253 g/mol. The molecule has 2 heterocycles. The van der Waals surface area contributed by atoms with Crippen molar-refractivity contribution in [2.24, 2.45) is 5.92 Å². The first kappa shape index (κ1) is 8.65. The van der Waals surface area contributed by atoms with Crippen LogP contribution in [0.15, 0.2) is 16.9 Å². The van der Waals surface area contributed by atoms with E-state index in [9.17, 15) is 0 Å². The fraction of sp³-hybridized carbons (Fsp3) is 0.600. The Hall–Kier alpha value is -0.640. The maximum absolute atomic E-state index is 4.35. The maximum atomic E-state index is 4.35. The van der Waals surface area contributed by atoms with E-state index in [1.807, 2.05) is 12.4 Å². The molecule has 1 saturated heterocycles. The fourth-order valence-corrected chi connectivity index (χ4v) is 2.83. The van der Waals surface area contributed by atoms with Crippen LogP contribution in [0.25, 0.3) is 0 Å². The van der Waals surface area contributed by atoms with Gasteiger partial charge in [-0.3, -0.25) is 0 Å². The van der Waals surface area contributed by atoms with Crippen molar-refractivity contribution in [1.82, 2.24) is 9.97 Å². The van der Waals surface area contributed by atoms with Crippen LogP contribution in [-0.4, -0.2) is 22.6 Å². The highest BCUT2D eigenvalue weighted by atomic mass is 79.9. The molecule has 0 radical (unpaired) electrons. The van der Waals surface area contributed by atoms with E-state index in [0.717, 1.165) is 22.9 Å². The number of fused-ring (bicyclic) bond motifs is 2. The van der Waals surface area contributed by atoms with Gasteiger partial charge in [0.25, 0.3) is 0 Å². The average molecular weight is 254 g/mol. The van der Waals surface area contributed by atoms with E-state index in [1.165, 1.54) is 19.3 Å². The summed E-state index contributed by atoms with van der Waals surface area (Å²) >= 11 is 3.35. The number of anilines is 1. The molecule has 2 aliphatic rings. The molecular weight excluding hydrogens is 242 g/mol. The first-order valence-electron chi connectivity index (χ1n) is 5.07. The normalized spacial score (nSPS) is 29.9. The average Bonchev–Trinajstić information content (AvgIpc) is 2.80. The van der Waals surface area contributed by atoms with Gasteiger partial charge in [-0.15, -0.1) is 0 Å². The number of piperidine rings is 1. The van der Waals surface area contributed by atoms with Crippen LogP contribution in [0.1, 0.15) is 19.3 Å². The van der Waals surface area contributed by atoms with Gasteiger partial charge in [0.2, 0.25) is 5.95 Å². The van der Waals surface area contributed by atoms with Crippen LogP contribution >= 0.6 is 15.9 Å². The molecule has 0 aromatic carbocycles. The molecule has 1 aliphatic heterocycles. The van der Waals surface area contributed by atoms with Gasteiger partial charge in [0, 0.05) is 25.0 Å². The van der Waals surface area contributed by atoms with Crippen molar-refractivity contribution in [3.63, 3.8) is 0 Å². The standard InChI is InChI=1S/C10H12BrN3/c11-8-4-12-10(13-5-8)14-6-7-1-2-9(14)3-7/h4-5,7,9H,1-3,6H2/t7-,9+/m0/s1. The molecule has 0 amide bonds. The van der Waals surface area contributed by atoms with Crippen molar-refractivity contribution in [3.05, 3.63) is 16.9 Å². The molecule has 3 nitrogen and oxygen atoms in total. The Bertz CT molecular complexity index is 338. The SMILES string of the molecule is Brc1cnc(N2C[C@H]3CC[C@@H]2C3)nc1. The number of hydrogen-bond donors (Lipinski definition) is 0. The molecule has 2 atom stereocenters. The Morgan fingerprint density at radius 2 is 2.07 bits per heavy atom. The van der Waals surface area contributed by atoms with E-state index in [2.05, 4.69) is 30.8 Å². The lowest BCUT2D eigenvalue weighted by Crippen LogP contribution is -2.33. The third-order valence-corrected chi connectivity index (χ3v) is 3.68. The lowest BCUT2D eigenvalue weighted by atomic mass is 10.1. The molecule has 2 fully saturated rings. The van der Waals surface area contributed by atoms with Gasteiger partial charge in [0.05, 0.1) is 4.47 Å². The summed E-state index contributed by atoms with van der Waals surface area (Å²) in [6, 6.07) is 0.709. The summed E-state index contributed by atoms with van der Waals surface area (Å²) in [5, 5.41) is 0. The molecular formula is C10H12BrN3. The predicted octanol–water partition coefficient (Wildman–Crippen LogP) is 2.23. The van der Waals surface area contributed by atoms with Gasteiger partial charge in [0.1, 0.15) is 0 Å². The number of halogens is 1. The van der Waals surface area contributed by atoms with E-state index >= 15 is 0 Å². The Balaban J connectivity index is 1.86. The third kappa shape index (κ3) is 1.32. The molecule has 4 heteroatoms. The van der Waals surface area contributed by atoms with Crippen molar-refractivity contribution in [1.29, 1.82) is 0 Å². The summed E-state index contributed by atoms with van der Waals surface area (Å²) in [4.78, 5) is 11.1. The lowest BCUT2D eigenvalue weighted by molar-refractivity contribution is 0.546. The maximum Gasteiger partial charge on any atom is 0.225 e. The summed E-state index contributed by atoms with van der Waals surface area (Å²) in [6.07, 6.45) is 7.73. The Morgan fingerprint density at radius 3 is 2.64 bits per heavy atom. The molecule has 0 unspecified atom stereocenters. The van der Waals surface area contributed by atoms with Crippen LogP contribution in [0.5, 0.6) is 0 Å². The first-order valence-corrected chi connectivity index (χ1v) is 5.86. The number of rotatable bonds is 1. The molecule has 14 heavy (non-hydrogen) atoms. The minimum absolute atomic E-state index is 0.709. The molecule has 3 rings (SSSR count). The molecule has 1 saturated carbocycles. The van der Waals surface area contributed by atoms with Crippen LogP contribution in [0.4, 0.5) is 5.95 Å². The second kappa shape index (κ2) is 3.19. The molecule has 0 N–H and O–H groups in total. The minimum atomic E-state index is 0.709. The largest absolute Gasteiger partial charge is 0.338 e. The van der Waals surface area contributed by atoms with E-state index < -0.39 is 0 Å². The molecule has 1 aliphatic carbocycles. The Labute approximate surface area is 91.7 Å². The topological polar surface area (TPSA) is 29.0 Å². The molecule has 0 spiro atoms. The molecule has 1 aromatic heterocycles. The van der Waals surface area contributed by atoms with Crippen molar-refractivity contribution < 1.29 is 0 Å². The van der Waals surface area contributed by atoms with Crippen molar-refractivity contribution in [3.8, 4) is 0 Å². The Kier molecular flexibility index (Phi) is 1.97. The van der Waals surface area contributed by atoms with Gasteiger partial charge < -0.3 is 4.90 Å². The third-order valence-electron chi connectivity index (χ3n) is 3.27. The predicted molar refractivity (Wildman–Crippen MR) is 58.2 cm³/mol. The smallest absolute Gasteiger partial charge is 0.225 e. The number of nitrogens with zero attached hydrogens (tertiary/aromatic N) is 3. The van der Waals surface area contributed by atoms with Gasteiger partial charge >= 0.3 is 0 Å². The summed E-state index contributed by atoms with van der Waals surface area (Å²) in [5.41, 5.74) is 0. The van der Waals surface area contributed by atoms with Crippen molar-refractivity contribution in [2.45, 2.75) is 25.3 Å². The second-order valence-electron chi connectivity index (χ2n) is 4.19. The highest BCUT2D eigenvalue weighted by Crippen LogP contribution is 2.38. The zero-order valence-electron chi connectivity index (χ0n) is 7.86. The van der Waals surface area contributed by atoms with E-state index in [0.29, 0.717) is 6.04 Å². The summed E-state index contributed by atoms with van der Waals surface area (Å²) in [6.45, 7) is 1.16. The van der Waals surface area contributed by atoms with Crippen molar-refractivity contribution in [2.75, 3.05) is 11.4 Å². The van der Waals surface area contributed by atoms with E-state index in [-0.39, 0.29) is 0 Å². The van der Waals surface area contributed by atoms with Crippen LogP contribution < -0.4 is 4.90 Å². The highest BCUT2D eigenvalue weighted by molar-refractivity contribution is 9.10. The lowest BCUT2D eigenvalue weighted by Gasteiger charge is -2.26. The van der Waals surface area contributed by atoms with Crippen LogP contribution in [0, 0.1) is 5.92 Å². The molecule has 74 valence electrons. The second-order valence-corrected chi connectivity index (χ2v) is 5.10. The molecule has 1 aromatic rings. The zero-order valence-corrected chi connectivity index (χ0v) is 9.44. The Morgan fingerprint density at radius 1 is 1.29 bits per heavy atom. The van der Waals surface area contributed by atoms with Gasteiger partial charge in [-0.1, -0.05) is 0 Å². The van der Waals surface area contributed by atoms with Crippen LogP contribution in [0.2, 0.25) is 0 Å². The summed E-state index contributed by atoms with van der Waals surface area (Å²) in [7, 11) is 0.